The van der Waals surface area contributed by atoms with E-state index in [-0.39, 0.29) is 6.04 Å². The van der Waals surface area contributed by atoms with E-state index in [4.69, 9.17) is 10.00 Å². The molecule has 2 fully saturated rings. The number of rotatable bonds is 3. The molecule has 1 aliphatic carbocycles. The van der Waals surface area contributed by atoms with Gasteiger partial charge in [0.05, 0.1) is 35.8 Å². The number of nitriles is 1. The Morgan fingerprint density at radius 2 is 2.14 bits per heavy atom. The first-order valence-electron chi connectivity index (χ1n) is 7.14. The minimum atomic E-state index is -3.53. The van der Waals surface area contributed by atoms with Gasteiger partial charge < -0.3 is 4.74 Å². The number of nitrogens with zero attached hydrogens (tertiary/aromatic N) is 2. The van der Waals surface area contributed by atoms with Crippen molar-refractivity contribution < 1.29 is 13.2 Å². The van der Waals surface area contributed by atoms with E-state index in [0.717, 1.165) is 12.8 Å². The molecule has 112 valence electrons. The van der Waals surface area contributed by atoms with Gasteiger partial charge in [-0.1, -0.05) is 0 Å². The number of ether oxygens (including phenoxy) is 1. The first-order valence-corrected chi connectivity index (χ1v) is 8.58. The molecular weight excluding hydrogens is 288 g/mol. The summed E-state index contributed by atoms with van der Waals surface area (Å²) in [6, 6.07) is 6.72. The largest absolute Gasteiger partial charge is 0.378 e. The third-order valence-electron chi connectivity index (χ3n) is 4.17. The zero-order valence-corrected chi connectivity index (χ0v) is 12.8. The van der Waals surface area contributed by atoms with Crippen molar-refractivity contribution in [2.75, 3.05) is 19.8 Å². The van der Waals surface area contributed by atoms with Crippen LogP contribution in [0.25, 0.3) is 0 Å². The highest BCUT2D eigenvalue weighted by Crippen LogP contribution is 2.38. The van der Waals surface area contributed by atoms with Gasteiger partial charge in [-0.3, -0.25) is 0 Å². The summed E-state index contributed by atoms with van der Waals surface area (Å²) in [5, 5.41) is 8.90. The molecule has 1 aromatic rings. The summed E-state index contributed by atoms with van der Waals surface area (Å²) in [4.78, 5) is 0.300. The molecule has 1 unspecified atom stereocenters. The fraction of sp³-hybridized carbons (Fsp3) is 0.533. The van der Waals surface area contributed by atoms with Gasteiger partial charge in [0.15, 0.2) is 0 Å². The topological polar surface area (TPSA) is 70.4 Å². The summed E-state index contributed by atoms with van der Waals surface area (Å²) in [5.41, 5.74) is 1.10. The zero-order chi connectivity index (χ0) is 15.0. The van der Waals surface area contributed by atoms with E-state index >= 15 is 0 Å². The number of sulfonamides is 1. The molecule has 6 heteroatoms. The van der Waals surface area contributed by atoms with Crippen molar-refractivity contribution in [3.8, 4) is 6.07 Å². The molecule has 1 atom stereocenters. The van der Waals surface area contributed by atoms with Crippen molar-refractivity contribution in [3.05, 3.63) is 29.3 Å². The van der Waals surface area contributed by atoms with E-state index in [0.29, 0.717) is 41.7 Å². The van der Waals surface area contributed by atoms with Gasteiger partial charge in [-0.15, -0.1) is 0 Å². The minimum absolute atomic E-state index is 0.0428. The molecule has 1 heterocycles. The van der Waals surface area contributed by atoms with Gasteiger partial charge in [-0.05, 0) is 49.4 Å². The Bertz CT molecular complexity index is 689. The Labute approximate surface area is 125 Å². The molecule has 0 bridgehead atoms. The van der Waals surface area contributed by atoms with Gasteiger partial charge in [-0.25, -0.2) is 8.42 Å². The number of hydrogen-bond donors (Lipinski definition) is 0. The van der Waals surface area contributed by atoms with Crippen molar-refractivity contribution in [1.29, 1.82) is 5.26 Å². The van der Waals surface area contributed by atoms with Crippen LogP contribution in [0.2, 0.25) is 0 Å². The third-order valence-corrected chi connectivity index (χ3v) is 6.26. The third kappa shape index (κ3) is 2.69. The van der Waals surface area contributed by atoms with Crippen LogP contribution in [0.3, 0.4) is 0 Å². The lowest BCUT2D eigenvalue weighted by atomic mass is 10.2. The molecule has 0 spiro atoms. The molecule has 1 saturated heterocycles. The van der Waals surface area contributed by atoms with E-state index in [1.54, 1.807) is 29.4 Å². The van der Waals surface area contributed by atoms with E-state index in [9.17, 15) is 8.42 Å². The minimum Gasteiger partial charge on any atom is -0.378 e. The van der Waals surface area contributed by atoms with Crippen molar-refractivity contribution in [2.45, 2.75) is 30.7 Å². The normalized spacial score (nSPS) is 23.7. The van der Waals surface area contributed by atoms with Crippen LogP contribution in [0.5, 0.6) is 0 Å². The van der Waals surface area contributed by atoms with Gasteiger partial charge in [-0.2, -0.15) is 9.57 Å². The van der Waals surface area contributed by atoms with Crippen LogP contribution in [-0.4, -0.2) is 38.5 Å². The van der Waals surface area contributed by atoms with Crippen LogP contribution in [-0.2, 0) is 14.8 Å². The van der Waals surface area contributed by atoms with Crippen molar-refractivity contribution in [3.63, 3.8) is 0 Å². The standard InChI is InChI=1S/C15H18N2O3S/c1-11-8-12(9-16)2-5-15(11)21(18,19)17-6-7-20-10-14(17)13-3-4-13/h2,5,8,13-14H,3-4,6-7,10H2,1H3. The molecule has 1 saturated carbocycles. The Balaban J connectivity index is 1.97. The predicted molar refractivity (Wildman–Crippen MR) is 77.1 cm³/mol. The lowest BCUT2D eigenvalue weighted by Crippen LogP contribution is -2.49. The summed E-state index contributed by atoms with van der Waals surface area (Å²) < 4.78 is 32.9. The quantitative estimate of drug-likeness (QED) is 0.851. The van der Waals surface area contributed by atoms with Gasteiger partial charge in [0.25, 0.3) is 0 Å². The van der Waals surface area contributed by atoms with Gasteiger partial charge in [0.2, 0.25) is 10.0 Å². The first kappa shape index (κ1) is 14.5. The highest BCUT2D eigenvalue weighted by molar-refractivity contribution is 7.89. The van der Waals surface area contributed by atoms with E-state index < -0.39 is 10.0 Å². The number of benzene rings is 1. The van der Waals surface area contributed by atoms with Crippen molar-refractivity contribution in [1.82, 2.24) is 4.31 Å². The summed E-state index contributed by atoms with van der Waals surface area (Å²) in [7, 11) is -3.53. The highest BCUT2D eigenvalue weighted by Gasteiger charge is 2.43. The van der Waals surface area contributed by atoms with Crippen molar-refractivity contribution >= 4 is 10.0 Å². The molecule has 0 radical (unpaired) electrons. The lowest BCUT2D eigenvalue weighted by Gasteiger charge is -2.35. The SMILES string of the molecule is Cc1cc(C#N)ccc1S(=O)(=O)N1CCOCC1C1CC1. The van der Waals surface area contributed by atoms with Crippen LogP contribution < -0.4 is 0 Å². The molecule has 2 aliphatic rings. The summed E-state index contributed by atoms with van der Waals surface area (Å²) in [6.45, 7) is 3.07. The average Bonchev–Trinajstić information content (AvgIpc) is 3.31. The average molecular weight is 306 g/mol. The Morgan fingerprint density at radius 3 is 2.76 bits per heavy atom. The van der Waals surface area contributed by atoms with Gasteiger partial charge >= 0.3 is 0 Å². The van der Waals surface area contributed by atoms with Gasteiger partial charge in [0, 0.05) is 6.54 Å². The van der Waals surface area contributed by atoms with Crippen LogP contribution in [0, 0.1) is 24.2 Å². The summed E-state index contributed by atoms with van der Waals surface area (Å²) >= 11 is 0. The Morgan fingerprint density at radius 1 is 1.38 bits per heavy atom. The molecule has 0 N–H and O–H groups in total. The number of hydrogen-bond acceptors (Lipinski definition) is 4. The fourth-order valence-corrected chi connectivity index (χ4v) is 4.76. The van der Waals surface area contributed by atoms with Gasteiger partial charge in [0.1, 0.15) is 0 Å². The number of morpholine rings is 1. The summed E-state index contributed by atoms with van der Waals surface area (Å²) in [5.74, 6) is 0.429. The second kappa shape index (κ2) is 5.41. The second-order valence-electron chi connectivity index (χ2n) is 5.69. The Kier molecular flexibility index (Phi) is 3.74. The lowest BCUT2D eigenvalue weighted by molar-refractivity contribution is 0.0247. The first-order chi connectivity index (χ1) is 10.0. The highest BCUT2D eigenvalue weighted by atomic mass is 32.2. The molecule has 0 amide bonds. The fourth-order valence-electron chi connectivity index (χ4n) is 2.89. The smallest absolute Gasteiger partial charge is 0.243 e. The van der Waals surface area contributed by atoms with Crippen LogP contribution in [0.4, 0.5) is 0 Å². The van der Waals surface area contributed by atoms with Crippen LogP contribution in [0.15, 0.2) is 23.1 Å². The monoisotopic (exact) mass is 306 g/mol. The molecule has 3 rings (SSSR count). The van der Waals surface area contributed by atoms with E-state index in [1.165, 1.54) is 0 Å². The summed E-state index contributed by atoms with van der Waals surface area (Å²) in [6.07, 6.45) is 2.15. The predicted octanol–water partition coefficient (Wildman–Crippen LogP) is 1.67. The molecule has 21 heavy (non-hydrogen) atoms. The Hall–Kier alpha value is -1.42. The van der Waals surface area contributed by atoms with Crippen LogP contribution >= 0.6 is 0 Å². The molecule has 0 aromatic heterocycles. The van der Waals surface area contributed by atoms with Crippen LogP contribution in [0.1, 0.15) is 24.0 Å². The molecule has 5 nitrogen and oxygen atoms in total. The molecule has 1 aromatic carbocycles. The van der Waals surface area contributed by atoms with Crippen molar-refractivity contribution in [2.24, 2.45) is 5.92 Å². The molecular formula is C15H18N2O3S. The zero-order valence-electron chi connectivity index (χ0n) is 11.9. The van der Waals surface area contributed by atoms with E-state index in [2.05, 4.69) is 0 Å². The molecule has 1 aliphatic heterocycles. The second-order valence-corrected chi connectivity index (χ2v) is 7.55. The maximum absolute atomic E-state index is 12.9. The maximum Gasteiger partial charge on any atom is 0.243 e. The number of aryl methyl sites for hydroxylation is 1. The maximum atomic E-state index is 12.9. The van der Waals surface area contributed by atoms with E-state index in [1.807, 2.05) is 6.07 Å².